The van der Waals surface area contributed by atoms with Gasteiger partial charge in [0.2, 0.25) is 0 Å². The molecule has 0 fully saturated rings. The fourth-order valence-corrected chi connectivity index (χ4v) is 2.38. The van der Waals surface area contributed by atoms with Crippen molar-refractivity contribution in [1.29, 1.82) is 0 Å². The van der Waals surface area contributed by atoms with Crippen LogP contribution in [0.25, 0.3) is 0 Å². The molecule has 0 bridgehead atoms. The quantitative estimate of drug-likeness (QED) is 0.571. The molecule has 2 aromatic rings. The summed E-state index contributed by atoms with van der Waals surface area (Å²) in [5.41, 5.74) is 4.75. The number of para-hydroxylation sites is 1. The van der Waals surface area contributed by atoms with Crippen molar-refractivity contribution < 1.29 is 4.79 Å². The van der Waals surface area contributed by atoms with Gasteiger partial charge in [0.15, 0.2) is 5.82 Å². The predicted octanol–water partition coefficient (Wildman–Crippen LogP) is 3.33. The Morgan fingerprint density at radius 1 is 1.38 bits per heavy atom. The molecular weight excluding hydrogens is 332 g/mol. The van der Waals surface area contributed by atoms with Gasteiger partial charge in [-0.1, -0.05) is 31.5 Å². The average molecular weight is 349 g/mol. The number of hydrogen-bond acceptors (Lipinski definition) is 4. The van der Waals surface area contributed by atoms with Crippen LogP contribution in [0.5, 0.6) is 0 Å². The lowest BCUT2D eigenvalue weighted by Gasteiger charge is -2.12. The molecular formula is C15H17BrN4O. The van der Waals surface area contributed by atoms with Gasteiger partial charge >= 0.3 is 0 Å². The molecule has 1 aromatic heterocycles. The van der Waals surface area contributed by atoms with Gasteiger partial charge in [-0.25, -0.2) is 10.8 Å². The van der Waals surface area contributed by atoms with E-state index in [1.807, 2.05) is 24.3 Å². The minimum Gasteiger partial charge on any atom is -0.322 e. The van der Waals surface area contributed by atoms with Crippen molar-refractivity contribution in [3.63, 3.8) is 0 Å². The number of anilines is 2. The van der Waals surface area contributed by atoms with Gasteiger partial charge < -0.3 is 10.7 Å². The van der Waals surface area contributed by atoms with Crippen LogP contribution < -0.4 is 16.6 Å². The van der Waals surface area contributed by atoms with E-state index in [1.54, 1.807) is 12.3 Å². The van der Waals surface area contributed by atoms with E-state index in [4.69, 9.17) is 5.84 Å². The van der Waals surface area contributed by atoms with Crippen LogP contribution in [0.15, 0.2) is 41.0 Å². The molecule has 5 nitrogen and oxygen atoms in total. The molecule has 0 radical (unpaired) electrons. The summed E-state index contributed by atoms with van der Waals surface area (Å²) in [4.78, 5) is 16.5. The number of hydrogen-bond donors (Lipinski definition) is 3. The Kier molecular flexibility index (Phi) is 5.30. The lowest BCUT2D eigenvalue weighted by Crippen LogP contribution is -2.19. The number of carbonyl (C=O) groups excluding carboxylic acids is 1. The number of halogens is 1. The van der Waals surface area contributed by atoms with Crippen LogP contribution in [-0.4, -0.2) is 10.9 Å². The second kappa shape index (κ2) is 7.19. The van der Waals surface area contributed by atoms with Gasteiger partial charge in [-0.3, -0.25) is 4.79 Å². The van der Waals surface area contributed by atoms with E-state index < -0.39 is 0 Å². The maximum absolute atomic E-state index is 12.4. The number of nitrogens with one attached hydrogen (secondary N) is 2. The van der Waals surface area contributed by atoms with Crippen LogP contribution in [-0.2, 0) is 6.42 Å². The molecule has 110 valence electrons. The normalized spacial score (nSPS) is 10.2. The molecule has 1 heterocycles. The summed E-state index contributed by atoms with van der Waals surface area (Å²) in [6, 6.07) is 9.45. The summed E-state index contributed by atoms with van der Waals surface area (Å²) in [6.45, 7) is 2.10. The number of pyridine rings is 1. The Morgan fingerprint density at radius 2 is 2.14 bits per heavy atom. The van der Waals surface area contributed by atoms with E-state index in [1.165, 1.54) is 0 Å². The Hall–Kier alpha value is -1.92. The molecule has 1 aromatic carbocycles. The van der Waals surface area contributed by atoms with Crippen LogP contribution in [0.3, 0.4) is 0 Å². The standard InChI is InChI=1S/C15H17BrN4O/c1-2-5-10-6-3-4-7-13(10)19-15(21)12-8-11(16)9-18-14(12)20-17/h3-4,6-9H,2,5,17H2,1H3,(H,18,20)(H,19,21). The number of amides is 1. The molecule has 6 heteroatoms. The predicted molar refractivity (Wildman–Crippen MR) is 88.1 cm³/mol. The number of nitrogen functional groups attached to an aromatic ring is 1. The van der Waals surface area contributed by atoms with Crippen molar-refractivity contribution in [3.8, 4) is 0 Å². The number of carbonyl (C=O) groups is 1. The molecule has 2 rings (SSSR count). The second-order valence-electron chi connectivity index (χ2n) is 4.56. The Morgan fingerprint density at radius 3 is 2.86 bits per heavy atom. The first-order valence-electron chi connectivity index (χ1n) is 6.67. The maximum atomic E-state index is 12.4. The van der Waals surface area contributed by atoms with Crippen molar-refractivity contribution in [2.75, 3.05) is 10.7 Å². The fourth-order valence-electron chi connectivity index (χ4n) is 2.05. The van der Waals surface area contributed by atoms with Gasteiger partial charge in [0, 0.05) is 16.4 Å². The molecule has 0 saturated carbocycles. The average Bonchev–Trinajstić information content (AvgIpc) is 2.49. The molecule has 0 atom stereocenters. The molecule has 21 heavy (non-hydrogen) atoms. The summed E-state index contributed by atoms with van der Waals surface area (Å²) >= 11 is 3.31. The molecule has 0 aliphatic carbocycles. The second-order valence-corrected chi connectivity index (χ2v) is 5.47. The van der Waals surface area contributed by atoms with Crippen LogP contribution >= 0.6 is 15.9 Å². The van der Waals surface area contributed by atoms with Crippen LogP contribution in [0.4, 0.5) is 11.5 Å². The first kappa shape index (κ1) is 15.5. The number of benzene rings is 1. The third-order valence-corrected chi connectivity index (χ3v) is 3.45. The molecule has 0 unspecified atom stereocenters. The van der Waals surface area contributed by atoms with Crippen LogP contribution in [0.1, 0.15) is 29.3 Å². The fraction of sp³-hybridized carbons (Fsp3) is 0.200. The summed E-state index contributed by atoms with van der Waals surface area (Å²) in [7, 11) is 0. The molecule has 1 amide bonds. The van der Waals surface area contributed by atoms with E-state index >= 15 is 0 Å². The molecule has 0 aliphatic heterocycles. The minimum atomic E-state index is -0.250. The molecule has 0 saturated heterocycles. The van der Waals surface area contributed by atoms with Crippen molar-refractivity contribution in [1.82, 2.24) is 4.98 Å². The Bertz CT molecular complexity index is 645. The maximum Gasteiger partial charge on any atom is 0.259 e. The SMILES string of the molecule is CCCc1ccccc1NC(=O)c1cc(Br)cnc1NN. The van der Waals surface area contributed by atoms with Crippen molar-refractivity contribution in [2.45, 2.75) is 19.8 Å². The molecule has 0 spiro atoms. The van der Waals surface area contributed by atoms with Crippen molar-refractivity contribution >= 4 is 33.3 Å². The first-order chi connectivity index (χ1) is 10.2. The van der Waals surface area contributed by atoms with Crippen molar-refractivity contribution in [2.24, 2.45) is 5.84 Å². The zero-order valence-electron chi connectivity index (χ0n) is 11.7. The van der Waals surface area contributed by atoms with E-state index in [-0.39, 0.29) is 5.91 Å². The zero-order valence-corrected chi connectivity index (χ0v) is 13.3. The summed E-state index contributed by atoms with van der Waals surface area (Å²) in [6.07, 6.45) is 3.51. The summed E-state index contributed by atoms with van der Waals surface area (Å²) in [5.74, 6) is 5.49. The van der Waals surface area contributed by atoms with E-state index in [0.717, 1.165) is 24.1 Å². The van der Waals surface area contributed by atoms with Gasteiger partial charge in [-0.2, -0.15) is 0 Å². The van der Waals surface area contributed by atoms with E-state index in [2.05, 4.69) is 38.6 Å². The van der Waals surface area contributed by atoms with E-state index in [0.29, 0.717) is 15.9 Å². The van der Waals surface area contributed by atoms with Gasteiger partial charge in [0.1, 0.15) is 0 Å². The van der Waals surface area contributed by atoms with Crippen molar-refractivity contribution in [3.05, 3.63) is 52.1 Å². The van der Waals surface area contributed by atoms with Crippen LogP contribution in [0.2, 0.25) is 0 Å². The number of nitrogens with zero attached hydrogens (tertiary/aromatic N) is 1. The summed E-state index contributed by atoms with van der Waals surface area (Å²) in [5, 5.41) is 2.92. The molecule has 0 aliphatic rings. The highest BCUT2D eigenvalue weighted by atomic mass is 79.9. The number of aryl methyl sites for hydroxylation is 1. The first-order valence-corrected chi connectivity index (χ1v) is 7.46. The summed E-state index contributed by atoms with van der Waals surface area (Å²) < 4.78 is 0.716. The lowest BCUT2D eigenvalue weighted by molar-refractivity contribution is 0.102. The Labute approximate surface area is 132 Å². The van der Waals surface area contributed by atoms with Gasteiger partial charge in [-0.15, -0.1) is 0 Å². The van der Waals surface area contributed by atoms with Gasteiger partial charge in [-0.05, 0) is 40.0 Å². The number of aromatic nitrogens is 1. The molecule has 4 N–H and O–H groups in total. The van der Waals surface area contributed by atoms with E-state index in [9.17, 15) is 4.79 Å². The third-order valence-electron chi connectivity index (χ3n) is 3.02. The number of rotatable bonds is 5. The Balaban J connectivity index is 2.28. The highest BCUT2D eigenvalue weighted by molar-refractivity contribution is 9.10. The smallest absolute Gasteiger partial charge is 0.259 e. The third kappa shape index (κ3) is 3.80. The monoisotopic (exact) mass is 348 g/mol. The zero-order chi connectivity index (χ0) is 15.2. The highest BCUT2D eigenvalue weighted by Crippen LogP contribution is 2.21. The minimum absolute atomic E-state index is 0.250. The van der Waals surface area contributed by atoms with Gasteiger partial charge in [0.05, 0.1) is 5.56 Å². The largest absolute Gasteiger partial charge is 0.322 e. The number of hydrazine groups is 1. The lowest BCUT2D eigenvalue weighted by atomic mass is 10.1. The number of nitrogens with two attached hydrogens (primary N) is 1. The van der Waals surface area contributed by atoms with Crippen LogP contribution in [0, 0.1) is 0 Å². The van der Waals surface area contributed by atoms with Gasteiger partial charge in [0.25, 0.3) is 5.91 Å². The topological polar surface area (TPSA) is 80.0 Å². The highest BCUT2D eigenvalue weighted by Gasteiger charge is 2.14.